The Hall–Kier alpha value is -3.38. The van der Waals surface area contributed by atoms with Crippen LogP contribution in [0.25, 0.3) is 43.8 Å². The van der Waals surface area contributed by atoms with Crippen LogP contribution in [0, 0.1) is 6.92 Å². The molecule has 0 radical (unpaired) electrons. The molecular weight excluding hydrogens is 336 g/mol. The highest BCUT2D eigenvalue weighted by Gasteiger charge is 2.23. The predicted molar refractivity (Wildman–Crippen MR) is 120 cm³/mol. The topological polar surface area (TPSA) is 0 Å². The molecule has 0 aliphatic heterocycles. The zero-order chi connectivity index (χ0) is 18.7. The molecule has 0 nitrogen and oxygen atoms in total. The molecule has 0 aromatic heterocycles. The Bertz CT molecular complexity index is 1370. The molecule has 0 bridgehead atoms. The normalized spacial score (nSPS) is 12.3. The maximum atomic E-state index is 2.37. The van der Waals surface area contributed by atoms with Crippen molar-refractivity contribution in [1.29, 1.82) is 0 Å². The van der Waals surface area contributed by atoms with E-state index in [1.165, 1.54) is 60.5 Å². The van der Waals surface area contributed by atoms with Crippen LogP contribution in [-0.2, 0) is 6.42 Å². The second-order valence-corrected chi connectivity index (χ2v) is 7.83. The number of fused-ring (bicyclic) bond motifs is 6. The molecule has 6 rings (SSSR count). The van der Waals surface area contributed by atoms with Crippen molar-refractivity contribution in [2.75, 3.05) is 0 Å². The van der Waals surface area contributed by atoms with Crippen molar-refractivity contribution >= 4 is 21.5 Å². The zero-order valence-electron chi connectivity index (χ0n) is 15.9. The summed E-state index contributed by atoms with van der Waals surface area (Å²) in [5.74, 6) is 0. The molecule has 0 spiro atoms. The Morgan fingerprint density at radius 3 is 2.14 bits per heavy atom. The van der Waals surface area contributed by atoms with E-state index in [-0.39, 0.29) is 0 Å². The average Bonchev–Trinajstić information content (AvgIpc) is 3.13. The summed E-state index contributed by atoms with van der Waals surface area (Å²) < 4.78 is 0. The third-order valence-corrected chi connectivity index (χ3v) is 6.29. The van der Waals surface area contributed by atoms with E-state index in [1.807, 2.05) is 0 Å². The van der Waals surface area contributed by atoms with E-state index >= 15 is 0 Å². The van der Waals surface area contributed by atoms with Crippen LogP contribution in [0.3, 0.4) is 0 Å². The molecule has 0 heterocycles. The van der Waals surface area contributed by atoms with E-state index < -0.39 is 0 Å². The molecule has 5 aromatic carbocycles. The fourth-order valence-electron chi connectivity index (χ4n) is 4.86. The van der Waals surface area contributed by atoms with Crippen molar-refractivity contribution in [3.8, 4) is 22.3 Å². The summed E-state index contributed by atoms with van der Waals surface area (Å²) in [6.07, 6.45) is 1.03. The van der Waals surface area contributed by atoms with Crippen LogP contribution in [0.1, 0.15) is 16.7 Å². The Balaban J connectivity index is 1.62. The van der Waals surface area contributed by atoms with Gasteiger partial charge in [-0.15, -0.1) is 0 Å². The van der Waals surface area contributed by atoms with Gasteiger partial charge in [0.05, 0.1) is 0 Å². The highest BCUT2D eigenvalue weighted by molar-refractivity contribution is 6.07. The molecule has 0 heteroatoms. The molecule has 0 saturated carbocycles. The van der Waals surface area contributed by atoms with Gasteiger partial charge < -0.3 is 0 Å². The molecule has 0 atom stereocenters. The van der Waals surface area contributed by atoms with Crippen molar-refractivity contribution in [2.45, 2.75) is 13.3 Å². The van der Waals surface area contributed by atoms with Gasteiger partial charge in [0, 0.05) is 0 Å². The fraction of sp³-hybridized carbons (Fsp3) is 0.0714. The lowest BCUT2D eigenvalue weighted by atomic mass is 9.92. The van der Waals surface area contributed by atoms with Gasteiger partial charge >= 0.3 is 0 Å². The lowest BCUT2D eigenvalue weighted by Crippen LogP contribution is -1.91. The average molecular weight is 356 g/mol. The quantitative estimate of drug-likeness (QED) is 0.267. The van der Waals surface area contributed by atoms with Gasteiger partial charge in [-0.1, -0.05) is 78.9 Å². The van der Waals surface area contributed by atoms with E-state index in [0.717, 1.165) is 6.42 Å². The number of hydrogen-bond donors (Lipinski definition) is 0. The summed E-state index contributed by atoms with van der Waals surface area (Å²) in [5, 5.41) is 5.33. The number of rotatable bonds is 1. The smallest absolute Gasteiger partial charge is 0.00104 e. The molecule has 0 amide bonds. The fourth-order valence-corrected chi connectivity index (χ4v) is 4.86. The first-order valence-electron chi connectivity index (χ1n) is 9.92. The van der Waals surface area contributed by atoms with Crippen LogP contribution in [0.2, 0.25) is 0 Å². The summed E-state index contributed by atoms with van der Waals surface area (Å²) in [6, 6.07) is 33.4. The maximum absolute atomic E-state index is 2.37. The molecule has 5 aromatic rings. The number of hydrogen-bond acceptors (Lipinski definition) is 0. The summed E-state index contributed by atoms with van der Waals surface area (Å²) in [6.45, 7) is 2.28. The standard InChI is InChI=1S/C28H20/c1-18-24(19-7-3-2-4-8-19)13-14-25-26(18)17-23-12-11-22-15-20-9-5-6-10-21(20)16-27(22)28(23)25/h2-16H,17H2,1H3. The van der Waals surface area contributed by atoms with E-state index in [9.17, 15) is 0 Å². The minimum absolute atomic E-state index is 1.03. The van der Waals surface area contributed by atoms with E-state index in [2.05, 4.69) is 97.9 Å². The van der Waals surface area contributed by atoms with Crippen molar-refractivity contribution < 1.29 is 0 Å². The highest BCUT2D eigenvalue weighted by Crippen LogP contribution is 2.45. The molecular formula is C28H20. The minimum atomic E-state index is 1.03. The highest BCUT2D eigenvalue weighted by atomic mass is 14.3. The zero-order valence-corrected chi connectivity index (χ0v) is 15.9. The largest absolute Gasteiger partial charge is 0.0622 e. The first kappa shape index (κ1) is 15.7. The first-order chi connectivity index (χ1) is 13.8. The summed E-state index contributed by atoms with van der Waals surface area (Å²) >= 11 is 0. The monoisotopic (exact) mass is 356 g/mol. The van der Waals surface area contributed by atoms with Gasteiger partial charge in [0.25, 0.3) is 0 Å². The van der Waals surface area contributed by atoms with E-state index in [1.54, 1.807) is 0 Å². The maximum Gasteiger partial charge on any atom is -0.00104 e. The second kappa shape index (κ2) is 5.81. The predicted octanol–water partition coefficient (Wildman–Crippen LogP) is 7.54. The van der Waals surface area contributed by atoms with Crippen LogP contribution in [0.15, 0.2) is 91.0 Å². The molecule has 0 N–H and O–H groups in total. The lowest BCUT2D eigenvalue weighted by molar-refractivity contribution is 1.22. The van der Waals surface area contributed by atoms with E-state index in [0.29, 0.717) is 0 Å². The van der Waals surface area contributed by atoms with Crippen LogP contribution in [0.5, 0.6) is 0 Å². The van der Waals surface area contributed by atoms with Gasteiger partial charge in [-0.3, -0.25) is 0 Å². The van der Waals surface area contributed by atoms with Gasteiger partial charge in [-0.05, 0) is 86.0 Å². The van der Waals surface area contributed by atoms with Gasteiger partial charge in [0.2, 0.25) is 0 Å². The van der Waals surface area contributed by atoms with Gasteiger partial charge in [0.1, 0.15) is 0 Å². The third-order valence-electron chi connectivity index (χ3n) is 6.29. The van der Waals surface area contributed by atoms with Crippen molar-refractivity contribution in [3.63, 3.8) is 0 Å². The van der Waals surface area contributed by atoms with Crippen LogP contribution in [-0.4, -0.2) is 0 Å². The Labute approximate surface area is 165 Å². The Morgan fingerprint density at radius 1 is 0.607 bits per heavy atom. The molecule has 28 heavy (non-hydrogen) atoms. The van der Waals surface area contributed by atoms with Gasteiger partial charge in [-0.2, -0.15) is 0 Å². The third kappa shape index (κ3) is 2.18. The summed E-state index contributed by atoms with van der Waals surface area (Å²) in [5.41, 5.74) is 9.84. The summed E-state index contributed by atoms with van der Waals surface area (Å²) in [7, 11) is 0. The molecule has 0 fully saturated rings. The molecule has 1 aliphatic rings. The SMILES string of the molecule is Cc1c(-c2ccccc2)ccc2c1Cc1ccc3cc4ccccc4cc3c1-2. The van der Waals surface area contributed by atoms with Crippen molar-refractivity contribution in [2.24, 2.45) is 0 Å². The van der Waals surface area contributed by atoms with Crippen molar-refractivity contribution in [1.82, 2.24) is 0 Å². The molecule has 1 aliphatic carbocycles. The molecule has 132 valence electrons. The molecule has 0 saturated heterocycles. The Morgan fingerprint density at radius 2 is 1.32 bits per heavy atom. The van der Waals surface area contributed by atoms with Crippen LogP contribution < -0.4 is 0 Å². The van der Waals surface area contributed by atoms with Gasteiger partial charge in [-0.25, -0.2) is 0 Å². The van der Waals surface area contributed by atoms with Crippen LogP contribution in [0.4, 0.5) is 0 Å². The first-order valence-corrected chi connectivity index (χ1v) is 9.92. The second-order valence-electron chi connectivity index (χ2n) is 7.83. The number of benzene rings is 5. The van der Waals surface area contributed by atoms with Crippen molar-refractivity contribution in [3.05, 3.63) is 108 Å². The van der Waals surface area contributed by atoms with Gasteiger partial charge in [0.15, 0.2) is 0 Å². The lowest BCUT2D eigenvalue weighted by Gasteiger charge is -2.12. The van der Waals surface area contributed by atoms with Crippen LogP contribution >= 0.6 is 0 Å². The molecule has 0 unspecified atom stereocenters. The van der Waals surface area contributed by atoms with E-state index in [4.69, 9.17) is 0 Å². The minimum Gasteiger partial charge on any atom is -0.0622 e. The Kier molecular flexibility index (Phi) is 3.25. The summed E-state index contributed by atoms with van der Waals surface area (Å²) in [4.78, 5) is 0.